The van der Waals surface area contributed by atoms with Gasteiger partial charge in [0, 0.05) is 12.5 Å². The second-order valence-corrected chi connectivity index (χ2v) is 6.73. The molecule has 22 heavy (non-hydrogen) atoms. The Morgan fingerprint density at radius 1 is 1.36 bits per heavy atom. The minimum Gasteiger partial charge on any atom is -0.495 e. The summed E-state index contributed by atoms with van der Waals surface area (Å²) in [5.74, 6) is 1.00. The fourth-order valence-electron chi connectivity index (χ4n) is 3.18. The van der Waals surface area contributed by atoms with Gasteiger partial charge in [0.25, 0.3) is 5.91 Å². The van der Waals surface area contributed by atoms with Gasteiger partial charge in [0.1, 0.15) is 11.3 Å². The number of carbonyl (C=O) groups excluding carboxylic acids is 1. The van der Waals surface area contributed by atoms with Crippen molar-refractivity contribution in [1.82, 2.24) is 4.57 Å². The molecule has 1 heterocycles. The van der Waals surface area contributed by atoms with E-state index in [2.05, 4.69) is 22.5 Å². The number of aryl methyl sites for hydroxylation is 1. The summed E-state index contributed by atoms with van der Waals surface area (Å²) < 4.78 is 8.65. The molecule has 1 amide bonds. The van der Waals surface area contributed by atoms with E-state index in [9.17, 15) is 4.79 Å². The highest BCUT2D eigenvalue weighted by molar-refractivity contribution is 7.16. The van der Waals surface area contributed by atoms with E-state index in [1.807, 2.05) is 12.1 Å². The first-order valence-corrected chi connectivity index (χ1v) is 8.81. The lowest BCUT2D eigenvalue weighted by Gasteiger charge is -2.17. The maximum atomic E-state index is 12.5. The molecule has 1 aromatic heterocycles. The Labute approximate surface area is 134 Å². The number of ether oxygens (including phenoxy) is 1. The highest BCUT2D eigenvalue weighted by Gasteiger charge is 2.21. The van der Waals surface area contributed by atoms with Crippen molar-refractivity contribution in [2.75, 3.05) is 7.11 Å². The molecule has 0 atom stereocenters. The summed E-state index contributed by atoms with van der Waals surface area (Å²) in [6.07, 6.45) is 5.53. The van der Waals surface area contributed by atoms with Crippen LogP contribution in [0.2, 0.25) is 0 Å². The second kappa shape index (κ2) is 6.65. The molecule has 0 spiro atoms. The Bertz CT molecular complexity index is 739. The lowest BCUT2D eigenvalue weighted by molar-refractivity contribution is -0.122. The molecule has 1 saturated carbocycles. The first-order chi connectivity index (χ1) is 10.7. The Balaban J connectivity index is 2.06. The third kappa shape index (κ3) is 2.82. The van der Waals surface area contributed by atoms with Crippen molar-refractivity contribution in [3.63, 3.8) is 0 Å². The van der Waals surface area contributed by atoms with Gasteiger partial charge in [-0.25, -0.2) is 0 Å². The molecule has 1 fully saturated rings. The van der Waals surface area contributed by atoms with E-state index in [1.54, 1.807) is 18.4 Å². The second-order valence-electron chi connectivity index (χ2n) is 5.72. The number of amides is 1. The topological polar surface area (TPSA) is 43.6 Å². The van der Waals surface area contributed by atoms with Crippen molar-refractivity contribution in [3.8, 4) is 5.75 Å². The summed E-state index contributed by atoms with van der Waals surface area (Å²) in [6.45, 7) is 2.85. The van der Waals surface area contributed by atoms with Crippen LogP contribution in [0.15, 0.2) is 23.2 Å². The number of para-hydroxylation sites is 1. The molecular formula is C17H22N2O2S. The van der Waals surface area contributed by atoms with Gasteiger partial charge in [-0.2, -0.15) is 4.99 Å². The number of rotatable bonds is 3. The van der Waals surface area contributed by atoms with Crippen molar-refractivity contribution < 1.29 is 9.53 Å². The smallest absolute Gasteiger partial charge is 0.251 e. The number of hydrogen-bond acceptors (Lipinski definition) is 3. The van der Waals surface area contributed by atoms with Gasteiger partial charge in [-0.15, -0.1) is 0 Å². The first kappa shape index (κ1) is 15.3. The van der Waals surface area contributed by atoms with Crippen LogP contribution in [-0.4, -0.2) is 17.6 Å². The summed E-state index contributed by atoms with van der Waals surface area (Å²) in [4.78, 5) is 17.7. The average Bonchev–Trinajstić information content (AvgIpc) is 2.92. The van der Waals surface area contributed by atoms with E-state index >= 15 is 0 Å². The van der Waals surface area contributed by atoms with Crippen LogP contribution in [0.1, 0.15) is 39.0 Å². The van der Waals surface area contributed by atoms with E-state index in [-0.39, 0.29) is 11.8 Å². The van der Waals surface area contributed by atoms with Gasteiger partial charge in [-0.3, -0.25) is 4.79 Å². The molecule has 0 unspecified atom stereocenters. The third-order valence-corrected chi connectivity index (χ3v) is 5.40. The SMILES string of the molecule is CCn1c(=NC(=O)C2CCCCC2)sc2cccc(OC)c21. The molecule has 3 rings (SSSR count). The maximum absolute atomic E-state index is 12.5. The number of carbonyl (C=O) groups is 1. The summed E-state index contributed by atoms with van der Waals surface area (Å²) >= 11 is 1.57. The highest BCUT2D eigenvalue weighted by atomic mass is 32.1. The highest BCUT2D eigenvalue weighted by Crippen LogP contribution is 2.28. The molecule has 1 aliphatic carbocycles. The number of nitrogens with zero attached hydrogens (tertiary/aromatic N) is 2. The zero-order valence-corrected chi connectivity index (χ0v) is 14.0. The number of methoxy groups -OCH3 is 1. The number of fused-ring (bicyclic) bond motifs is 1. The van der Waals surface area contributed by atoms with Crippen molar-refractivity contribution in [2.45, 2.75) is 45.6 Å². The molecular weight excluding hydrogens is 296 g/mol. The van der Waals surface area contributed by atoms with E-state index < -0.39 is 0 Å². The van der Waals surface area contributed by atoms with E-state index in [4.69, 9.17) is 4.74 Å². The minimum absolute atomic E-state index is 0.0485. The average molecular weight is 318 g/mol. The van der Waals surface area contributed by atoms with Crippen LogP contribution in [0, 0.1) is 5.92 Å². The van der Waals surface area contributed by atoms with Gasteiger partial charge >= 0.3 is 0 Å². The third-order valence-electron chi connectivity index (χ3n) is 4.36. The van der Waals surface area contributed by atoms with Crippen molar-refractivity contribution in [2.24, 2.45) is 10.9 Å². The predicted octanol–water partition coefficient (Wildman–Crippen LogP) is 3.74. The van der Waals surface area contributed by atoms with E-state index in [0.717, 1.165) is 53.0 Å². The number of benzene rings is 1. The number of aromatic nitrogens is 1. The fraction of sp³-hybridized carbons (Fsp3) is 0.529. The van der Waals surface area contributed by atoms with Crippen molar-refractivity contribution >= 4 is 27.5 Å². The molecule has 0 N–H and O–H groups in total. The van der Waals surface area contributed by atoms with Crippen LogP contribution in [0.4, 0.5) is 0 Å². The Kier molecular flexibility index (Phi) is 4.62. The van der Waals surface area contributed by atoms with Crippen LogP contribution in [-0.2, 0) is 11.3 Å². The van der Waals surface area contributed by atoms with Gasteiger partial charge in [-0.05, 0) is 31.9 Å². The summed E-state index contributed by atoms with van der Waals surface area (Å²) in [6, 6.07) is 5.98. The van der Waals surface area contributed by atoms with E-state index in [1.165, 1.54) is 6.42 Å². The molecule has 2 aromatic rings. The Hall–Kier alpha value is -1.62. The van der Waals surface area contributed by atoms with Gasteiger partial charge in [0.2, 0.25) is 0 Å². The lowest BCUT2D eigenvalue weighted by atomic mass is 9.89. The number of hydrogen-bond donors (Lipinski definition) is 0. The van der Waals surface area contributed by atoms with Crippen molar-refractivity contribution in [3.05, 3.63) is 23.0 Å². The normalized spacial score (nSPS) is 17.1. The lowest BCUT2D eigenvalue weighted by Crippen LogP contribution is -2.21. The quantitative estimate of drug-likeness (QED) is 0.865. The molecule has 5 heteroatoms. The predicted molar refractivity (Wildman–Crippen MR) is 89.2 cm³/mol. The van der Waals surface area contributed by atoms with Crippen LogP contribution in [0.5, 0.6) is 5.75 Å². The zero-order valence-electron chi connectivity index (χ0n) is 13.2. The van der Waals surface area contributed by atoms with Crippen LogP contribution in [0.3, 0.4) is 0 Å². The zero-order chi connectivity index (χ0) is 15.5. The molecule has 1 aliphatic rings. The van der Waals surface area contributed by atoms with Crippen LogP contribution in [0.25, 0.3) is 10.2 Å². The monoisotopic (exact) mass is 318 g/mol. The Morgan fingerprint density at radius 2 is 2.14 bits per heavy atom. The fourth-order valence-corrected chi connectivity index (χ4v) is 4.29. The molecule has 1 aromatic carbocycles. The first-order valence-electron chi connectivity index (χ1n) is 7.99. The summed E-state index contributed by atoms with van der Waals surface area (Å²) in [5, 5.41) is 0. The molecule has 0 saturated heterocycles. The van der Waals surface area contributed by atoms with Gasteiger partial charge in [0.05, 0.1) is 11.8 Å². The summed E-state index contributed by atoms with van der Waals surface area (Å²) in [7, 11) is 1.68. The maximum Gasteiger partial charge on any atom is 0.251 e. The Morgan fingerprint density at radius 3 is 2.82 bits per heavy atom. The van der Waals surface area contributed by atoms with Crippen LogP contribution >= 0.6 is 11.3 Å². The van der Waals surface area contributed by atoms with E-state index in [0.29, 0.717) is 0 Å². The molecule has 4 nitrogen and oxygen atoms in total. The molecule has 0 radical (unpaired) electrons. The summed E-state index contributed by atoms with van der Waals surface area (Å²) in [5.41, 5.74) is 1.03. The van der Waals surface area contributed by atoms with Gasteiger partial charge in [-0.1, -0.05) is 36.7 Å². The molecule has 0 aliphatic heterocycles. The standard InChI is InChI=1S/C17H22N2O2S/c1-3-19-15-13(21-2)10-7-11-14(15)22-17(19)18-16(20)12-8-5-4-6-9-12/h7,10-12H,3-6,8-9H2,1-2H3. The van der Waals surface area contributed by atoms with Crippen LogP contribution < -0.4 is 9.54 Å². The minimum atomic E-state index is 0.0485. The molecule has 118 valence electrons. The van der Waals surface area contributed by atoms with Crippen molar-refractivity contribution in [1.29, 1.82) is 0 Å². The largest absolute Gasteiger partial charge is 0.495 e. The molecule has 0 bridgehead atoms. The van der Waals surface area contributed by atoms with Gasteiger partial charge < -0.3 is 9.30 Å². The van der Waals surface area contributed by atoms with Gasteiger partial charge in [0.15, 0.2) is 4.80 Å². The number of thiazole rings is 1.